The van der Waals surface area contributed by atoms with Crippen LogP contribution in [0.3, 0.4) is 0 Å². The number of alkyl halides is 2. The van der Waals surface area contributed by atoms with Crippen molar-refractivity contribution >= 4 is 29.3 Å². The first-order valence-corrected chi connectivity index (χ1v) is 9.79. The Kier molecular flexibility index (Phi) is 8.41. The largest absolute Gasteiger partial charge is 0.343 e. The Hall–Kier alpha value is -3.80. The van der Waals surface area contributed by atoms with Gasteiger partial charge in [-0.1, -0.05) is 5.92 Å². The molecule has 3 amide bonds. The lowest BCUT2D eigenvalue weighted by atomic mass is 9.91. The van der Waals surface area contributed by atoms with E-state index in [1.165, 1.54) is 41.3 Å². The summed E-state index contributed by atoms with van der Waals surface area (Å²) in [6.07, 6.45) is -1.61. The van der Waals surface area contributed by atoms with E-state index in [2.05, 4.69) is 33.4 Å². The van der Waals surface area contributed by atoms with E-state index < -0.39 is 35.7 Å². The molecule has 4 N–H and O–H groups in total. The van der Waals surface area contributed by atoms with Crippen molar-refractivity contribution in [3.05, 3.63) is 52.5 Å². The summed E-state index contributed by atoms with van der Waals surface area (Å²) < 4.78 is 31.3. The Morgan fingerprint density at radius 2 is 1.78 bits per heavy atom. The summed E-state index contributed by atoms with van der Waals surface area (Å²) in [6, 6.07) is 5.56. The summed E-state index contributed by atoms with van der Waals surface area (Å²) in [5.74, 6) is 7.88. The monoisotopic (exact) mass is 460 g/mol. The highest BCUT2D eigenvalue weighted by Gasteiger charge is 2.48. The molecule has 0 bridgehead atoms. The van der Waals surface area contributed by atoms with Crippen LogP contribution in [0.15, 0.2) is 36.5 Å². The zero-order chi connectivity index (χ0) is 23.7. The minimum absolute atomic E-state index is 0.0430. The summed E-state index contributed by atoms with van der Waals surface area (Å²) in [7, 11) is 0. The van der Waals surface area contributed by atoms with Crippen LogP contribution >= 0.6 is 11.5 Å². The first kappa shape index (κ1) is 24.5. The normalized spacial score (nSPS) is 12.8. The summed E-state index contributed by atoms with van der Waals surface area (Å²) >= 11 is 1.24. The molecule has 11 heteroatoms. The molecule has 1 aromatic carbocycles. The van der Waals surface area contributed by atoms with E-state index in [-0.39, 0.29) is 5.56 Å². The van der Waals surface area contributed by atoms with Crippen LogP contribution in [-0.2, 0) is 9.59 Å². The van der Waals surface area contributed by atoms with Gasteiger partial charge in [-0.2, -0.15) is 4.37 Å². The number of amides is 3. The Morgan fingerprint density at radius 1 is 1.12 bits per heavy atom. The van der Waals surface area contributed by atoms with Crippen LogP contribution in [0.4, 0.5) is 8.78 Å². The lowest BCUT2D eigenvalue weighted by Gasteiger charge is -2.36. The van der Waals surface area contributed by atoms with Crippen LogP contribution in [-0.4, -0.2) is 45.3 Å². The minimum atomic E-state index is -3.24. The number of hydrogen-bond donors (Lipinski definition) is 4. The van der Waals surface area contributed by atoms with Gasteiger partial charge in [-0.3, -0.25) is 19.6 Å². The van der Waals surface area contributed by atoms with Gasteiger partial charge in [-0.05, 0) is 66.5 Å². The van der Waals surface area contributed by atoms with Crippen molar-refractivity contribution in [1.82, 2.24) is 20.5 Å². The number of hydroxylamine groups is 1. The molecular formula is C21H18F2N4O4S. The fourth-order valence-electron chi connectivity index (χ4n) is 2.58. The Bertz CT molecular complexity index is 1100. The highest BCUT2D eigenvalue weighted by Crippen LogP contribution is 2.21. The standard InChI is InChI=1S/C21H18F2N4O4S/c1-13(28)26-21(2,20(22)23)17(19(30)27-31)25-18(29)15-9-7-14(8-10-15)5-3-4-6-16-11-12-24-32-16/h7-12,17,20,31H,1-2H3,(H,25,29)(H,26,28)(H,27,30). The third kappa shape index (κ3) is 6.35. The first-order chi connectivity index (χ1) is 15.2. The topological polar surface area (TPSA) is 120 Å². The molecule has 0 saturated heterocycles. The Labute approximate surface area is 186 Å². The van der Waals surface area contributed by atoms with Crippen LogP contribution in [0.2, 0.25) is 0 Å². The molecule has 1 heterocycles. The van der Waals surface area contributed by atoms with Gasteiger partial charge in [-0.25, -0.2) is 14.3 Å². The summed E-state index contributed by atoms with van der Waals surface area (Å²) in [6.45, 7) is 1.86. The summed E-state index contributed by atoms with van der Waals surface area (Å²) in [5, 5.41) is 13.0. The van der Waals surface area contributed by atoms with Crippen molar-refractivity contribution in [2.45, 2.75) is 31.9 Å². The molecule has 166 valence electrons. The molecule has 0 fully saturated rings. The van der Waals surface area contributed by atoms with Crippen LogP contribution in [0.25, 0.3) is 0 Å². The number of rotatable bonds is 6. The molecule has 0 aliphatic rings. The molecule has 32 heavy (non-hydrogen) atoms. The van der Waals surface area contributed by atoms with Gasteiger partial charge < -0.3 is 10.6 Å². The molecule has 2 aromatic rings. The van der Waals surface area contributed by atoms with Gasteiger partial charge in [0.2, 0.25) is 5.91 Å². The molecular weight excluding hydrogens is 442 g/mol. The van der Waals surface area contributed by atoms with Crippen LogP contribution in [0.1, 0.15) is 34.6 Å². The smallest absolute Gasteiger partial charge is 0.268 e. The van der Waals surface area contributed by atoms with E-state index in [4.69, 9.17) is 5.21 Å². The molecule has 0 radical (unpaired) electrons. The highest BCUT2D eigenvalue weighted by atomic mass is 32.1. The number of nitrogens with one attached hydrogen (secondary N) is 3. The summed E-state index contributed by atoms with van der Waals surface area (Å²) in [5.41, 5.74) is -0.660. The molecule has 0 aliphatic carbocycles. The fraction of sp³-hybridized carbons (Fsp3) is 0.238. The molecule has 2 rings (SSSR count). The van der Waals surface area contributed by atoms with E-state index >= 15 is 0 Å². The van der Waals surface area contributed by atoms with Crippen molar-refractivity contribution in [2.75, 3.05) is 0 Å². The molecule has 2 atom stereocenters. The number of carbonyl (C=O) groups is 3. The number of carbonyl (C=O) groups excluding carboxylic acids is 3. The third-order valence-corrected chi connectivity index (χ3v) is 4.85. The average Bonchev–Trinajstić information content (AvgIpc) is 3.27. The maximum absolute atomic E-state index is 13.7. The number of aromatic nitrogens is 1. The quantitative estimate of drug-likeness (QED) is 0.294. The van der Waals surface area contributed by atoms with Gasteiger partial charge >= 0.3 is 0 Å². The van der Waals surface area contributed by atoms with Crippen molar-refractivity contribution in [2.24, 2.45) is 0 Å². The SMILES string of the molecule is CC(=O)NC(C)(C(F)F)C(NC(=O)c1ccc(C#CC#Cc2ccns2)cc1)C(=O)NO. The van der Waals surface area contributed by atoms with Crippen molar-refractivity contribution < 1.29 is 28.4 Å². The zero-order valence-electron chi connectivity index (χ0n) is 16.9. The van der Waals surface area contributed by atoms with Crippen LogP contribution < -0.4 is 16.1 Å². The third-order valence-electron chi connectivity index (χ3n) is 4.19. The predicted octanol–water partition coefficient (Wildman–Crippen LogP) is 1.31. The minimum Gasteiger partial charge on any atom is -0.343 e. The zero-order valence-corrected chi connectivity index (χ0v) is 17.7. The molecule has 8 nitrogen and oxygen atoms in total. The van der Waals surface area contributed by atoms with E-state index in [9.17, 15) is 23.2 Å². The van der Waals surface area contributed by atoms with E-state index in [0.717, 1.165) is 18.7 Å². The number of nitrogens with zero attached hydrogens (tertiary/aromatic N) is 1. The first-order valence-electron chi connectivity index (χ1n) is 9.02. The molecule has 2 unspecified atom stereocenters. The Balaban J connectivity index is 2.18. The lowest BCUT2D eigenvalue weighted by molar-refractivity contribution is -0.137. The molecule has 0 saturated carbocycles. The molecule has 0 spiro atoms. The second-order valence-electron chi connectivity index (χ2n) is 6.60. The van der Waals surface area contributed by atoms with Gasteiger partial charge in [-0.15, -0.1) is 0 Å². The van der Waals surface area contributed by atoms with Crippen molar-refractivity contribution in [1.29, 1.82) is 0 Å². The van der Waals surface area contributed by atoms with Crippen LogP contribution in [0.5, 0.6) is 0 Å². The van der Waals surface area contributed by atoms with E-state index in [0.29, 0.717) is 5.56 Å². The lowest BCUT2D eigenvalue weighted by Crippen LogP contribution is -2.68. The van der Waals surface area contributed by atoms with E-state index in [1.54, 1.807) is 12.3 Å². The second-order valence-corrected chi connectivity index (χ2v) is 7.43. The number of halogens is 2. The fourth-order valence-corrected chi connectivity index (χ4v) is 3.03. The van der Waals surface area contributed by atoms with Crippen molar-refractivity contribution in [3.8, 4) is 23.7 Å². The van der Waals surface area contributed by atoms with Crippen LogP contribution in [0, 0.1) is 23.7 Å². The maximum atomic E-state index is 13.7. The predicted molar refractivity (Wildman–Crippen MR) is 112 cm³/mol. The number of benzene rings is 1. The van der Waals surface area contributed by atoms with Gasteiger partial charge in [0.05, 0.1) is 4.88 Å². The van der Waals surface area contributed by atoms with Gasteiger partial charge in [0.25, 0.3) is 18.2 Å². The van der Waals surface area contributed by atoms with Gasteiger partial charge in [0, 0.05) is 24.2 Å². The van der Waals surface area contributed by atoms with Gasteiger partial charge in [0.15, 0.2) is 0 Å². The molecule has 1 aromatic heterocycles. The molecule has 0 aliphatic heterocycles. The maximum Gasteiger partial charge on any atom is 0.268 e. The number of hydrogen-bond acceptors (Lipinski definition) is 6. The van der Waals surface area contributed by atoms with Gasteiger partial charge in [0.1, 0.15) is 11.6 Å². The second kappa shape index (κ2) is 11.0. The summed E-state index contributed by atoms with van der Waals surface area (Å²) in [4.78, 5) is 36.7. The van der Waals surface area contributed by atoms with Crippen molar-refractivity contribution in [3.63, 3.8) is 0 Å². The van der Waals surface area contributed by atoms with E-state index in [1.807, 2.05) is 5.32 Å². The Morgan fingerprint density at radius 3 is 2.31 bits per heavy atom. The average molecular weight is 460 g/mol. The highest BCUT2D eigenvalue weighted by molar-refractivity contribution is 7.06.